The van der Waals surface area contributed by atoms with Crippen LogP contribution >= 0.6 is 0 Å². The molecule has 31 heavy (non-hydrogen) atoms. The Kier molecular flexibility index (Phi) is 7.46. The van der Waals surface area contributed by atoms with Crippen LogP contribution in [0.2, 0.25) is 0 Å². The number of ketones is 1. The molecule has 1 saturated carbocycles. The third-order valence-electron chi connectivity index (χ3n) is 6.23. The number of esters is 1. The molecule has 7 nitrogen and oxygen atoms in total. The summed E-state index contributed by atoms with van der Waals surface area (Å²) >= 11 is 0. The first-order valence-electron chi connectivity index (χ1n) is 11.3. The summed E-state index contributed by atoms with van der Waals surface area (Å²) in [7, 11) is 0. The Hall–Kier alpha value is -2.70. The molecule has 1 aliphatic heterocycles. The van der Waals surface area contributed by atoms with Gasteiger partial charge in [-0.2, -0.15) is 0 Å². The lowest BCUT2D eigenvalue weighted by Gasteiger charge is -2.20. The maximum atomic E-state index is 12.6. The van der Waals surface area contributed by atoms with Crippen molar-refractivity contribution in [3.05, 3.63) is 35.4 Å². The molecule has 1 aliphatic carbocycles. The lowest BCUT2D eigenvalue weighted by Crippen LogP contribution is -2.44. The topological polar surface area (TPSA) is 92.8 Å². The Morgan fingerprint density at radius 1 is 1.10 bits per heavy atom. The van der Waals surface area contributed by atoms with E-state index < -0.39 is 30.2 Å². The molecule has 1 aromatic carbocycles. The molecule has 0 aromatic heterocycles. The van der Waals surface area contributed by atoms with Gasteiger partial charge in [-0.3, -0.25) is 19.3 Å². The van der Waals surface area contributed by atoms with E-state index in [0.29, 0.717) is 18.4 Å². The average molecular weight is 429 g/mol. The van der Waals surface area contributed by atoms with Crippen molar-refractivity contribution < 1.29 is 23.9 Å². The number of rotatable bonds is 10. The van der Waals surface area contributed by atoms with Gasteiger partial charge < -0.3 is 10.1 Å². The van der Waals surface area contributed by atoms with Gasteiger partial charge in [0.25, 0.3) is 5.91 Å². The summed E-state index contributed by atoms with van der Waals surface area (Å²) in [5.74, 6) is -1.46. The number of unbranched alkanes of at least 4 members (excludes halogenated alkanes) is 3. The van der Waals surface area contributed by atoms with Gasteiger partial charge in [-0.25, -0.2) is 4.79 Å². The van der Waals surface area contributed by atoms with E-state index >= 15 is 0 Å². The van der Waals surface area contributed by atoms with Crippen LogP contribution in [-0.4, -0.2) is 46.8 Å². The first kappa shape index (κ1) is 23.0. The normalized spacial score (nSPS) is 18.3. The first-order valence-corrected chi connectivity index (χ1v) is 11.3. The number of Topliss-reactive ketones (excluding diaryl/α,β-unsaturated/α-hetero) is 1. The molecule has 7 heteroatoms. The van der Waals surface area contributed by atoms with Gasteiger partial charge in [-0.1, -0.05) is 63.3 Å². The minimum atomic E-state index is -0.996. The number of nitrogens with zero attached hydrogens (tertiary/aromatic N) is 1. The van der Waals surface area contributed by atoms with Crippen molar-refractivity contribution >= 4 is 23.7 Å². The maximum Gasteiger partial charge on any atom is 0.326 e. The Labute approximate surface area is 183 Å². The van der Waals surface area contributed by atoms with Crippen molar-refractivity contribution in [3.8, 4) is 0 Å². The molecule has 1 atom stereocenters. The molecule has 0 bridgehead atoms. The van der Waals surface area contributed by atoms with Gasteiger partial charge in [0, 0.05) is 5.56 Å². The van der Waals surface area contributed by atoms with Crippen LogP contribution < -0.4 is 5.32 Å². The summed E-state index contributed by atoms with van der Waals surface area (Å²) in [6.07, 6.45) is 7.64. The maximum absolute atomic E-state index is 12.6. The van der Waals surface area contributed by atoms with E-state index in [9.17, 15) is 19.2 Å². The van der Waals surface area contributed by atoms with Gasteiger partial charge in [0.05, 0.1) is 0 Å². The van der Waals surface area contributed by atoms with E-state index in [1.54, 1.807) is 12.1 Å². The molecule has 2 aliphatic rings. The monoisotopic (exact) mass is 428 g/mol. The third kappa shape index (κ3) is 5.32. The molecule has 0 unspecified atom stereocenters. The van der Waals surface area contributed by atoms with Gasteiger partial charge in [0.2, 0.25) is 5.78 Å². The van der Waals surface area contributed by atoms with Crippen LogP contribution in [0.15, 0.2) is 24.3 Å². The summed E-state index contributed by atoms with van der Waals surface area (Å²) in [5.41, 5.74) is 0.783. The molecule has 168 valence electrons. The van der Waals surface area contributed by atoms with E-state index in [2.05, 4.69) is 12.2 Å². The van der Waals surface area contributed by atoms with E-state index in [4.69, 9.17) is 4.74 Å². The lowest BCUT2D eigenvalue weighted by molar-refractivity contribution is -0.149. The SMILES string of the molecule is CCCCCCc1ccc(C(=O)[C@H](C)OC(=O)CN2C(=O)NC3(CCCC3)C2=O)cc1. The quantitative estimate of drug-likeness (QED) is 0.265. The van der Waals surface area contributed by atoms with Crippen LogP contribution in [0.25, 0.3) is 0 Å². The summed E-state index contributed by atoms with van der Waals surface area (Å²) in [4.78, 5) is 50.7. The number of carbonyl (C=O) groups excluding carboxylic acids is 4. The number of hydrogen-bond donors (Lipinski definition) is 1. The van der Waals surface area contributed by atoms with Crippen LogP contribution in [0.4, 0.5) is 4.79 Å². The van der Waals surface area contributed by atoms with E-state index in [0.717, 1.165) is 30.6 Å². The van der Waals surface area contributed by atoms with Gasteiger partial charge >= 0.3 is 12.0 Å². The Balaban J connectivity index is 1.50. The summed E-state index contributed by atoms with van der Waals surface area (Å²) in [6, 6.07) is 6.80. The lowest BCUT2D eigenvalue weighted by atomic mass is 9.98. The second kappa shape index (κ2) is 10.1. The highest BCUT2D eigenvalue weighted by molar-refractivity contribution is 6.09. The largest absolute Gasteiger partial charge is 0.453 e. The highest BCUT2D eigenvalue weighted by atomic mass is 16.5. The van der Waals surface area contributed by atoms with Crippen LogP contribution in [0.5, 0.6) is 0 Å². The smallest absolute Gasteiger partial charge is 0.326 e. The van der Waals surface area contributed by atoms with Crippen molar-refractivity contribution in [3.63, 3.8) is 0 Å². The van der Waals surface area contributed by atoms with E-state index in [1.807, 2.05) is 12.1 Å². The number of amides is 3. The summed E-state index contributed by atoms with van der Waals surface area (Å²) in [6.45, 7) is 3.20. The van der Waals surface area contributed by atoms with E-state index in [1.165, 1.54) is 31.7 Å². The molecule has 1 spiro atoms. The number of benzene rings is 1. The zero-order valence-electron chi connectivity index (χ0n) is 18.4. The molecule has 3 amide bonds. The molecule has 1 N–H and O–H groups in total. The van der Waals surface area contributed by atoms with Gasteiger partial charge in [-0.15, -0.1) is 0 Å². The fourth-order valence-corrected chi connectivity index (χ4v) is 4.38. The Bertz CT molecular complexity index is 827. The van der Waals surface area contributed by atoms with Crippen LogP contribution in [0, 0.1) is 0 Å². The van der Waals surface area contributed by atoms with Crippen molar-refractivity contribution in [2.75, 3.05) is 6.54 Å². The number of carbonyl (C=O) groups is 4. The number of nitrogens with one attached hydrogen (secondary N) is 1. The van der Waals surface area contributed by atoms with Gasteiger partial charge in [-0.05, 0) is 38.2 Å². The second-order valence-corrected chi connectivity index (χ2v) is 8.61. The van der Waals surface area contributed by atoms with Crippen molar-refractivity contribution in [1.29, 1.82) is 0 Å². The summed E-state index contributed by atoms with van der Waals surface area (Å²) in [5, 5.41) is 2.73. The standard InChI is InChI=1S/C24H32N2O5/c1-3-4-5-6-9-18-10-12-19(13-11-18)21(28)17(2)31-20(27)16-26-22(29)24(25-23(26)30)14-7-8-15-24/h10-13,17H,3-9,14-16H2,1-2H3,(H,25,30)/t17-/m0/s1. The van der Waals surface area contributed by atoms with Gasteiger partial charge in [0.15, 0.2) is 6.10 Å². The van der Waals surface area contributed by atoms with Gasteiger partial charge in [0.1, 0.15) is 12.1 Å². The predicted octanol–water partition coefficient (Wildman–Crippen LogP) is 3.79. The van der Waals surface area contributed by atoms with Crippen molar-refractivity contribution in [1.82, 2.24) is 10.2 Å². The zero-order valence-corrected chi connectivity index (χ0v) is 18.4. The molecule has 1 heterocycles. The third-order valence-corrected chi connectivity index (χ3v) is 6.23. The molecular formula is C24H32N2O5. The van der Waals surface area contributed by atoms with Crippen LogP contribution in [0.3, 0.4) is 0 Å². The highest BCUT2D eigenvalue weighted by Crippen LogP contribution is 2.34. The van der Waals surface area contributed by atoms with Crippen LogP contribution in [-0.2, 0) is 20.7 Å². The van der Waals surface area contributed by atoms with E-state index in [-0.39, 0.29) is 11.7 Å². The molecule has 3 rings (SSSR count). The number of aryl methyl sites for hydroxylation is 1. The highest BCUT2D eigenvalue weighted by Gasteiger charge is 2.52. The number of imide groups is 1. The minimum Gasteiger partial charge on any atom is -0.453 e. The minimum absolute atomic E-state index is 0.310. The van der Waals surface area contributed by atoms with Crippen molar-refractivity contribution in [2.45, 2.75) is 83.3 Å². The fourth-order valence-electron chi connectivity index (χ4n) is 4.38. The molecule has 2 fully saturated rings. The predicted molar refractivity (Wildman–Crippen MR) is 116 cm³/mol. The molecule has 1 aromatic rings. The number of hydrogen-bond acceptors (Lipinski definition) is 5. The molecular weight excluding hydrogens is 396 g/mol. The Morgan fingerprint density at radius 2 is 1.77 bits per heavy atom. The first-order chi connectivity index (χ1) is 14.9. The second-order valence-electron chi connectivity index (χ2n) is 8.61. The Morgan fingerprint density at radius 3 is 2.42 bits per heavy atom. The number of ether oxygens (including phenoxy) is 1. The zero-order chi connectivity index (χ0) is 22.4. The van der Waals surface area contributed by atoms with Crippen molar-refractivity contribution in [2.24, 2.45) is 0 Å². The molecule has 1 saturated heterocycles. The average Bonchev–Trinajstić information content (AvgIpc) is 3.31. The molecule has 0 radical (unpaired) electrons. The summed E-state index contributed by atoms with van der Waals surface area (Å²) < 4.78 is 5.24. The fraction of sp³-hybridized carbons (Fsp3) is 0.583. The number of urea groups is 1. The van der Waals surface area contributed by atoms with Crippen LogP contribution in [0.1, 0.15) is 81.1 Å².